The van der Waals surface area contributed by atoms with Crippen LogP contribution in [0.5, 0.6) is 0 Å². The molecule has 158 valence electrons. The average Bonchev–Trinajstić information content (AvgIpc) is 3.17. The van der Waals surface area contributed by atoms with Crippen LogP contribution in [-0.4, -0.2) is 43.8 Å². The number of hydrogen-bond acceptors (Lipinski definition) is 7. The van der Waals surface area contributed by atoms with Crippen LogP contribution in [0.1, 0.15) is 43.4 Å². The average molecular weight is 429 g/mol. The summed E-state index contributed by atoms with van der Waals surface area (Å²) in [5, 5.41) is 7.71. The van der Waals surface area contributed by atoms with Crippen LogP contribution in [0.15, 0.2) is 24.3 Å². The van der Waals surface area contributed by atoms with Gasteiger partial charge in [-0.25, -0.2) is 9.78 Å². The zero-order chi connectivity index (χ0) is 21.5. The molecule has 0 atom stereocenters. The molecule has 2 amide bonds. The van der Waals surface area contributed by atoms with Gasteiger partial charge in [-0.15, -0.1) is 0 Å². The summed E-state index contributed by atoms with van der Waals surface area (Å²) in [7, 11) is 0. The SMILES string of the molecule is CC(C)(C)OC(=O)N1CCCn2nc(C(=O)Nc3nc4ccc(N)cc4s3)cc2C1. The van der Waals surface area contributed by atoms with E-state index in [1.165, 1.54) is 11.3 Å². The van der Waals surface area contributed by atoms with Crippen molar-refractivity contribution in [1.82, 2.24) is 19.7 Å². The maximum absolute atomic E-state index is 12.7. The third-order valence-electron chi connectivity index (χ3n) is 4.53. The number of anilines is 2. The van der Waals surface area contributed by atoms with Crippen molar-refractivity contribution in [3.05, 3.63) is 35.7 Å². The van der Waals surface area contributed by atoms with Crippen molar-refractivity contribution >= 4 is 44.4 Å². The van der Waals surface area contributed by atoms with E-state index in [0.717, 1.165) is 22.3 Å². The summed E-state index contributed by atoms with van der Waals surface area (Å²) < 4.78 is 8.16. The summed E-state index contributed by atoms with van der Waals surface area (Å²) in [6.45, 7) is 7.07. The minimum absolute atomic E-state index is 0.287. The molecular formula is C20H24N6O3S. The van der Waals surface area contributed by atoms with E-state index in [-0.39, 0.29) is 17.7 Å². The highest BCUT2D eigenvalue weighted by atomic mass is 32.1. The van der Waals surface area contributed by atoms with Crippen LogP contribution in [0.2, 0.25) is 0 Å². The number of carbonyl (C=O) groups excluding carboxylic acids is 2. The molecule has 0 saturated carbocycles. The number of nitrogens with two attached hydrogens (primary N) is 1. The molecule has 30 heavy (non-hydrogen) atoms. The van der Waals surface area contributed by atoms with E-state index in [4.69, 9.17) is 10.5 Å². The molecule has 1 aliphatic rings. The number of thiazole rings is 1. The molecule has 0 bridgehead atoms. The first-order valence-corrected chi connectivity index (χ1v) is 10.5. The number of benzene rings is 1. The fourth-order valence-corrected chi connectivity index (χ4v) is 4.12. The zero-order valence-corrected chi connectivity index (χ0v) is 18.0. The van der Waals surface area contributed by atoms with Crippen molar-refractivity contribution in [1.29, 1.82) is 0 Å². The lowest BCUT2D eigenvalue weighted by Crippen LogP contribution is -2.36. The van der Waals surface area contributed by atoms with Crippen LogP contribution in [0.4, 0.5) is 15.6 Å². The van der Waals surface area contributed by atoms with Gasteiger partial charge in [0.05, 0.1) is 22.5 Å². The highest BCUT2D eigenvalue weighted by Gasteiger charge is 2.26. The molecule has 0 saturated heterocycles. The summed E-state index contributed by atoms with van der Waals surface area (Å²) in [5.74, 6) is -0.341. The van der Waals surface area contributed by atoms with Crippen molar-refractivity contribution in [2.75, 3.05) is 17.6 Å². The number of ether oxygens (including phenoxy) is 1. The van der Waals surface area contributed by atoms with Crippen molar-refractivity contribution in [3.63, 3.8) is 0 Å². The lowest BCUT2D eigenvalue weighted by Gasteiger charge is -2.26. The number of rotatable bonds is 2. The number of amides is 2. The van der Waals surface area contributed by atoms with Crippen molar-refractivity contribution in [3.8, 4) is 0 Å². The molecule has 4 rings (SSSR count). The normalized spacial score (nSPS) is 14.3. The quantitative estimate of drug-likeness (QED) is 0.604. The molecular weight excluding hydrogens is 404 g/mol. The summed E-state index contributed by atoms with van der Waals surface area (Å²) >= 11 is 1.36. The van der Waals surface area contributed by atoms with Crippen molar-refractivity contribution in [2.45, 2.75) is 45.9 Å². The second kappa shape index (κ2) is 7.60. The fraction of sp³-hybridized carbons (Fsp3) is 0.400. The smallest absolute Gasteiger partial charge is 0.410 e. The third kappa shape index (κ3) is 4.38. The second-order valence-electron chi connectivity index (χ2n) is 8.20. The molecule has 0 aliphatic carbocycles. The van der Waals surface area contributed by atoms with Crippen LogP contribution in [0.25, 0.3) is 10.2 Å². The van der Waals surface area contributed by atoms with Crippen LogP contribution >= 0.6 is 11.3 Å². The van der Waals surface area contributed by atoms with Gasteiger partial charge < -0.3 is 15.4 Å². The molecule has 3 N–H and O–H groups in total. The number of nitrogen functional groups attached to an aromatic ring is 1. The van der Waals surface area contributed by atoms with Gasteiger partial charge in [-0.2, -0.15) is 5.10 Å². The van der Waals surface area contributed by atoms with Gasteiger partial charge in [-0.05, 0) is 51.5 Å². The van der Waals surface area contributed by atoms with Crippen LogP contribution in [0, 0.1) is 0 Å². The Bertz CT molecular complexity index is 1110. The molecule has 9 nitrogen and oxygen atoms in total. The molecule has 0 fully saturated rings. The zero-order valence-electron chi connectivity index (χ0n) is 17.1. The lowest BCUT2D eigenvalue weighted by atomic mass is 10.2. The summed E-state index contributed by atoms with van der Waals surface area (Å²) in [6.07, 6.45) is 0.366. The largest absolute Gasteiger partial charge is 0.444 e. The maximum Gasteiger partial charge on any atom is 0.410 e. The van der Waals surface area contributed by atoms with Crippen LogP contribution in [-0.2, 0) is 17.8 Å². The Hall–Kier alpha value is -3.14. The summed E-state index contributed by atoms with van der Waals surface area (Å²) in [5.41, 5.74) is 7.75. The molecule has 2 aromatic heterocycles. The van der Waals surface area contributed by atoms with E-state index >= 15 is 0 Å². The monoisotopic (exact) mass is 428 g/mol. The van der Waals surface area contributed by atoms with Crippen molar-refractivity contribution < 1.29 is 14.3 Å². The van der Waals surface area contributed by atoms with E-state index < -0.39 is 5.60 Å². The summed E-state index contributed by atoms with van der Waals surface area (Å²) in [4.78, 5) is 31.2. The van der Waals surface area contributed by atoms with Gasteiger partial charge in [0.25, 0.3) is 5.91 Å². The van der Waals surface area contributed by atoms with Gasteiger partial charge in [0.15, 0.2) is 10.8 Å². The number of fused-ring (bicyclic) bond motifs is 2. The molecule has 0 spiro atoms. The molecule has 10 heteroatoms. The molecule has 3 aromatic rings. The first-order chi connectivity index (χ1) is 14.2. The predicted molar refractivity (Wildman–Crippen MR) is 115 cm³/mol. The van der Waals surface area contributed by atoms with E-state index in [2.05, 4.69) is 15.4 Å². The number of aryl methyl sites for hydroxylation is 1. The Morgan fingerprint density at radius 3 is 2.80 bits per heavy atom. The highest BCUT2D eigenvalue weighted by Crippen LogP contribution is 2.28. The minimum atomic E-state index is -0.559. The topological polar surface area (TPSA) is 115 Å². The van der Waals surface area contributed by atoms with Gasteiger partial charge >= 0.3 is 6.09 Å². The standard InChI is InChI=1S/C20H24N6O3S/c1-20(2,3)29-19(28)25-7-4-8-26-13(11-25)10-15(24-26)17(27)23-18-22-14-6-5-12(21)9-16(14)30-18/h5-6,9-10H,4,7-8,11,21H2,1-3H3,(H,22,23,27). The number of aromatic nitrogens is 3. The van der Waals surface area contributed by atoms with Gasteiger partial charge in [0.1, 0.15) is 5.60 Å². The number of nitrogens with one attached hydrogen (secondary N) is 1. The van der Waals surface area contributed by atoms with Gasteiger partial charge in [-0.1, -0.05) is 11.3 Å². The van der Waals surface area contributed by atoms with E-state index in [1.807, 2.05) is 32.9 Å². The molecule has 0 radical (unpaired) electrons. The number of nitrogens with zero attached hydrogens (tertiary/aromatic N) is 4. The maximum atomic E-state index is 12.7. The Kier molecular flexibility index (Phi) is 5.10. The Labute approximate surface area is 177 Å². The highest BCUT2D eigenvalue weighted by molar-refractivity contribution is 7.22. The van der Waals surface area contributed by atoms with E-state index in [9.17, 15) is 9.59 Å². The fourth-order valence-electron chi connectivity index (χ4n) is 3.21. The number of carbonyl (C=O) groups is 2. The molecule has 3 heterocycles. The van der Waals surface area contributed by atoms with Crippen LogP contribution in [0.3, 0.4) is 0 Å². The Morgan fingerprint density at radius 1 is 1.23 bits per heavy atom. The third-order valence-corrected chi connectivity index (χ3v) is 5.47. The van der Waals surface area contributed by atoms with Gasteiger partial charge in [0, 0.05) is 18.8 Å². The van der Waals surface area contributed by atoms with Gasteiger partial charge in [0.2, 0.25) is 0 Å². The van der Waals surface area contributed by atoms with E-state index in [0.29, 0.717) is 30.5 Å². The predicted octanol–water partition coefficient (Wildman–Crippen LogP) is 3.47. The molecule has 0 unspecified atom stereocenters. The summed E-state index contributed by atoms with van der Waals surface area (Å²) in [6, 6.07) is 7.13. The van der Waals surface area contributed by atoms with Gasteiger partial charge in [-0.3, -0.25) is 14.8 Å². The first kappa shape index (κ1) is 20.1. The lowest BCUT2D eigenvalue weighted by molar-refractivity contribution is 0.0236. The van der Waals surface area contributed by atoms with Crippen LogP contribution < -0.4 is 11.1 Å². The minimum Gasteiger partial charge on any atom is -0.444 e. The molecule has 1 aliphatic heterocycles. The van der Waals surface area contributed by atoms with E-state index in [1.54, 1.807) is 21.7 Å². The van der Waals surface area contributed by atoms with Crippen molar-refractivity contribution in [2.24, 2.45) is 0 Å². The number of hydrogen-bond donors (Lipinski definition) is 2. The molecule has 1 aromatic carbocycles. The first-order valence-electron chi connectivity index (χ1n) is 9.70. The second-order valence-corrected chi connectivity index (χ2v) is 9.23. The Balaban J connectivity index is 1.49. The Morgan fingerprint density at radius 2 is 2.03 bits per heavy atom.